The van der Waals surface area contributed by atoms with Gasteiger partial charge in [0.15, 0.2) is 0 Å². The van der Waals surface area contributed by atoms with Crippen molar-refractivity contribution in [3.8, 4) is 0 Å². The normalized spacial score (nSPS) is 36.4. The van der Waals surface area contributed by atoms with Crippen LogP contribution in [0.15, 0.2) is 0 Å². The quantitative estimate of drug-likeness (QED) is 0.438. The summed E-state index contributed by atoms with van der Waals surface area (Å²) in [5.41, 5.74) is 0.440. The Labute approximate surface area is 96.0 Å². The predicted molar refractivity (Wildman–Crippen MR) is 49.3 cm³/mol. The first-order valence-corrected chi connectivity index (χ1v) is 8.10. The summed E-state index contributed by atoms with van der Waals surface area (Å²) in [5, 5.41) is 0. The number of hydrogen-bond acceptors (Lipinski definition) is 2. The van der Waals surface area contributed by atoms with Crippen molar-refractivity contribution in [1.29, 1.82) is 0 Å². The maximum absolute atomic E-state index is 11.2. The number of rotatable bonds is 2. The fourth-order valence-electron chi connectivity index (χ4n) is 2.63. The number of likely N-dealkylation sites (tertiary alicyclic amines) is 1. The molecule has 0 N–H and O–H groups in total. The zero-order chi connectivity index (χ0) is 10.2. The van der Waals surface area contributed by atoms with E-state index in [0.717, 1.165) is 13.1 Å². The summed E-state index contributed by atoms with van der Waals surface area (Å²) in [5.74, 6) is 0.231. The van der Waals surface area contributed by atoms with Gasteiger partial charge in [-0.25, -0.2) is 0 Å². The van der Waals surface area contributed by atoms with E-state index < -0.39 is 0 Å². The monoisotopic (exact) mass is 310 g/mol. The van der Waals surface area contributed by atoms with Gasteiger partial charge in [-0.1, -0.05) is 0 Å². The van der Waals surface area contributed by atoms with Crippen molar-refractivity contribution in [2.45, 2.75) is 32.3 Å². The number of halogens is 1. The van der Waals surface area contributed by atoms with Crippen molar-refractivity contribution >= 4 is 5.91 Å². The van der Waals surface area contributed by atoms with Gasteiger partial charge in [0.05, 0.1) is 0 Å². The molecule has 0 radical (unpaired) electrons. The van der Waals surface area contributed by atoms with E-state index in [4.69, 9.17) is 3.07 Å². The average Bonchev–Trinajstić information content (AvgIpc) is 2.48. The molecule has 1 aliphatic heterocycles. The van der Waals surface area contributed by atoms with Gasteiger partial charge in [-0.15, -0.1) is 0 Å². The molecule has 1 amide bonds. The number of nitrogens with zero attached hydrogens (tertiary/aromatic N) is 1. The average molecular weight is 310 g/mol. The molecule has 1 spiro atoms. The summed E-state index contributed by atoms with van der Waals surface area (Å²) in [7, 11) is 0. The van der Waals surface area contributed by atoms with Gasteiger partial charge in [0, 0.05) is 0 Å². The van der Waals surface area contributed by atoms with E-state index in [0.29, 0.717) is 11.5 Å². The zero-order valence-electron chi connectivity index (χ0n) is 8.75. The summed E-state index contributed by atoms with van der Waals surface area (Å²) >= 11 is -0.0250. The van der Waals surface area contributed by atoms with Gasteiger partial charge < -0.3 is 0 Å². The first-order chi connectivity index (χ1) is 6.65. The molecule has 1 saturated carbocycles. The summed E-state index contributed by atoms with van der Waals surface area (Å²) in [4.78, 5) is 15.3. The first kappa shape index (κ1) is 10.7. The van der Waals surface area contributed by atoms with Crippen molar-refractivity contribution < 1.29 is 29.5 Å². The molecular formula is C10H17INO2-. The van der Waals surface area contributed by atoms with Crippen molar-refractivity contribution in [2.24, 2.45) is 5.41 Å². The third-order valence-electron chi connectivity index (χ3n) is 3.42. The van der Waals surface area contributed by atoms with Crippen molar-refractivity contribution in [3.63, 3.8) is 0 Å². The summed E-state index contributed by atoms with van der Waals surface area (Å²) in [6.07, 6.45) is 4.07. The molecule has 2 rings (SSSR count). The van der Waals surface area contributed by atoms with E-state index in [1.807, 2.05) is 4.90 Å². The molecule has 0 aromatic carbocycles. The van der Waals surface area contributed by atoms with Gasteiger partial charge in [0.1, 0.15) is 0 Å². The molecule has 3 nitrogen and oxygen atoms in total. The summed E-state index contributed by atoms with van der Waals surface area (Å²) in [6, 6.07) is 0. The van der Waals surface area contributed by atoms with Gasteiger partial charge in [-0.2, -0.15) is 0 Å². The second-order valence-electron chi connectivity index (χ2n) is 4.46. The molecule has 0 aromatic rings. The molecule has 1 heterocycles. The van der Waals surface area contributed by atoms with Crippen LogP contribution in [0.4, 0.5) is 0 Å². The topological polar surface area (TPSA) is 29.5 Å². The SMILES string of the molecule is C[I-]OC1CC2(CCN(C(C)=O)C2)C1. The van der Waals surface area contributed by atoms with Gasteiger partial charge in [0.25, 0.3) is 0 Å². The van der Waals surface area contributed by atoms with Crippen LogP contribution in [0.2, 0.25) is 0 Å². The van der Waals surface area contributed by atoms with E-state index in [1.165, 1.54) is 19.3 Å². The van der Waals surface area contributed by atoms with Gasteiger partial charge in [-0.05, 0) is 0 Å². The summed E-state index contributed by atoms with van der Waals surface area (Å²) < 4.78 is 5.67. The van der Waals surface area contributed by atoms with Crippen LogP contribution < -0.4 is 21.6 Å². The van der Waals surface area contributed by atoms with Gasteiger partial charge >= 0.3 is 96.0 Å². The van der Waals surface area contributed by atoms with Gasteiger partial charge in [-0.3, -0.25) is 0 Å². The Bertz CT molecular complexity index is 238. The van der Waals surface area contributed by atoms with E-state index >= 15 is 0 Å². The molecule has 0 aromatic heterocycles. The second-order valence-corrected chi connectivity index (χ2v) is 5.85. The molecule has 0 unspecified atom stereocenters. The zero-order valence-corrected chi connectivity index (χ0v) is 10.9. The molecule has 82 valence electrons. The fourth-order valence-corrected chi connectivity index (χ4v) is 3.71. The predicted octanol–water partition coefficient (Wildman–Crippen LogP) is -1.96. The number of amides is 1. The van der Waals surface area contributed by atoms with Crippen LogP contribution in [0.25, 0.3) is 0 Å². The third kappa shape index (κ3) is 1.91. The number of carbonyl (C=O) groups is 1. The Balaban J connectivity index is 1.82. The van der Waals surface area contributed by atoms with Crippen LogP contribution in [0.1, 0.15) is 26.2 Å². The van der Waals surface area contributed by atoms with Crippen molar-refractivity contribution in [2.75, 3.05) is 18.0 Å². The molecule has 0 atom stereocenters. The van der Waals surface area contributed by atoms with Crippen LogP contribution in [0.3, 0.4) is 0 Å². The number of hydrogen-bond donors (Lipinski definition) is 0. The Kier molecular flexibility index (Phi) is 3.02. The fraction of sp³-hybridized carbons (Fsp3) is 0.900. The Morgan fingerprint density at radius 2 is 2.29 bits per heavy atom. The summed E-state index contributed by atoms with van der Waals surface area (Å²) in [6.45, 7) is 3.61. The van der Waals surface area contributed by atoms with E-state index in [2.05, 4.69) is 4.93 Å². The molecular weight excluding hydrogens is 293 g/mol. The van der Waals surface area contributed by atoms with Gasteiger partial charge in [0.2, 0.25) is 0 Å². The van der Waals surface area contributed by atoms with Crippen LogP contribution in [-0.2, 0) is 7.86 Å². The molecule has 1 aliphatic carbocycles. The molecule has 1 saturated heterocycles. The maximum atomic E-state index is 11.2. The minimum atomic E-state index is -0.0250. The standard InChI is InChI=1S/C10H17INO2/c1-8(13)12-4-3-10(7-12)5-9(6-10)14-11-2/h9H,3-7H2,1-2H3/q-1. The molecule has 14 heavy (non-hydrogen) atoms. The van der Waals surface area contributed by atoms with E-state index in [1.54, 1.807) is 6.92 Å². The molecule has 2 aliphatic rings. The van der Waals surface area contributed by atoms with Crippen molar-refractivity contribution in [1.82, 2.24) is 4.90 Å². The van der Waals surface area contributed by atoms with Crippen LogP contribution in [0, 0.1) is 5.41 Å². The molecule has 0 bridgehead atoms. The first-order valence-electron chi connectivity index (χ1n) is 5.06. The number of alkyl halides is 1. The van der Waals surface area contributed by atoms with Crippen LogP contribution in [-0.4, -0.2) is 34.9 Å². The Morgan fingerprint density at radius 1 is 1.57 bits per heavy atom. The van der Waals surface area contributed by atoms with Crippen LogP contribution in [0.5, 0.6) is 0 Å². The number of carbonyl (C=O) groups excluding carboxylic acids is 1. The second kappa shape index (κ2) is 3.96. The minimum absolute atomic E-state index is 0.0250. The van der Waals surface area contributed by atoms with Crippen molar-refractivity contribution in [3.05, 3.63) is 0 Å². The molecule has 4 heteroatoms. The van der Waals surface area contributed by atoms with Crippen LogP contribution >= 0.6 is 0 Å². The molecule has 2 fully saturated rings. The van der Waals surface area contributed by atoms with E-state index in [9.17, 15) is 4.79 Å². The Morgan fingerprint density at radius 3 is 2.79 bits per heavy atom. The Hall–Kier alpha value is 0.160. The third-order valence-corrected chi connectivity index (χ3v) is 4.65. The van der Waals surface area contributed by atoms with E-state index in [-0.39, 0.29) is 27.5 Å².